The summed E-state index contributed by atoms with van der Waals surface area (Å²) >= 11 is 0. The van der Waals surface area contributed by atoms with Crippen LogP contribution in [0.3, 0.4) is 0 Å². The molecule has 0 aliphatic carbocycles. The summed E-state index contributed by atoms with van der Waals surface area (Å²) in [7, 11) is -7.10. The molecule has 1 aliphatic rings. The average molecular weight is 512 g/mol. The van der Waals surface area contributed by atoms with E-state index in [1.165, 1.54) is 22.8 Å². The van der Waals surface area contributed by atoms with Crippen LogP contribution in [0.25, 0.3) is 22.3 Å². The molecule has 0 bridgehead atoms. The molecule has 1 saturated heterocycles. The third kappa shape index (κ3) is 4.43. The number of benzene rings is 1. The second kappa shape index (κ2) is 8.88. The van der Waals surface area contributed by atoms with E-state index in [9.17, 15) is 22.1 Å². The average Bonchev–Trinajstić information content (AvgIpc) is 3.52. The van der Waals surface area contributed by atoms with Crippen LogP contribution < -0.4 is 0 Å². The molecule has 0 saturated carbocycles. The summed E-state index contributed by atoms with van der Waals surface area (Å²) in [5.74, 6) is -0.396. The lowest BCUT2D eigenvalue weighted by atomic mass is 10.0. The van der Waals surface area contributed by atoms with Gasteiger partial charge in [0.25, 0.3) is 0 Å². The normalized spacial score (nSPS) is 17.2. The van der Waals surface area contributed by atoms with Crippen LogP contribution in [0.5, 0.6) is 0 Å². The fraction of sp³-hybridized carbons (Fsp3) is 0.273. The Morgan fingerprint density at radius 1 is 1.17 bits per heavy atom. The highest BCUT2D eigenvalue weighted by atomic mass is 32.2. The van der Waals surface area contributed by atoms with Crippen LogP contribution in [0.1, 0.15) is 18.0 Å². The predicted molar refractivity (Wildman–Crippen MR) is 127 cm³/mol. The summed E-state index contributed by atoms with van der Waals surface area (Å²) in [6, 6.07) is 9.85. The van der Waals surface area contributed by atoms with E-state index in [1.807, 2.05) is 6.07 Å². The van der Waals surface area contributed by atoms with Gasteiger partial charge in [0.2, 0.25) is 10.0 Å². The Morgan fingerprint density at radius 2 is 1.97 bits per heavy atom. The first kappa shape index (κ1) is 23.2. The zero-order valence-electron chi connectivity index (χ0n) is 18.4. The molecule has 13 heteroatoms. The molecule has 1 atom stereocenters. The molecular formula is C22H21N7O4S2. The monoisotopic (exact) mass is 511 g/mol. The Bertz CT molecular complexity index is 1640. The molecule has 0 amide bonds. The Kier molecular flexibility index (Phi) is 5.87. The number of nitriles is 1. The molecule has 1 N–H and O–H groups in total. The van der Waals surface area contributed by atoms with Crippen molar-refractivity contribution in [3.8, 4) is 17.3 Å². The highest BCUT2D eigenvalue weighted by Gasteiger charge is 2.31. The van der Waals surface area contributed by atoms with Gasteiger partial charge in [-0.05, 0) is 23.8 Å². The summed E-state index contributed by atoms with van der Waals surface area (Å²) in [5, 5.41) is 14.8. The number of H-pyrrole nitrogens is 1. The minimum Gasteiger partial charge on any atom is -0.346 e. The second-order valence-electron chi connectivity index (χ2n) is 8.18. The molecule has 11 nitrogen and oxygen atoms in total. The smallest absolute Gasteiger partial charge is 0.243 e. The van der Waals surface area contributed by atoms with E-state index in [0.29, 0.717) is 16.9 Å². The van der Waals surface area contributed by atoms with Crippen molar-refractivity contribution in [3.05, 3.63) is 60.8 Å². The van der Waals surface area contributed by atoms with Crippen molar-refractivity contribution in [2.24, 2.45) is 0 Å². The number of aromatic amines is 1. The van der Waals surface area contributed by atoms with Crippen molar-refractivity contribution >= 4 is 30.9 Å². The van der Waals surface area contributed by atoms with Crippen molar-refractivity contribution in [3.63, 3.8) is 0 Å². The number of hydrogen-bond acceptors (Lipinski definition) is 8. The lowest BCUT2D eigenvalue weighted by Gasteiger charge is -2.26. The summed E-state index contributed by atoms with van der Waals surface area (Å²) in [4.78, 5) is 11.7. The molecule has 1 aromatic carbocycles. The quantitative estimate of drug-likeness (QED) is 0.410. The molecule has 1 fully saturated rings. The van der Waals surface area contributed by atoms with E-state index in [4.69, 9.17) is 0 Å². The van der Waals surface area contributed by atoms with Crippen molar-refractivity contribution in [1.82, 2.24) is 29.0 Å². The van der Waals surface area contributed by atoms with Gasteiger partial charge in [-0.15, -0.1) is 0 Å². The maximum atomic E-state index is 13.2. The van der Waals surface area contributed by atoms with Crippen LogP contribution in [0, 0.1) is 11.3 Å². The molecule has 1 unspecified atom stereocenters. The second-order valence-corrected chi connectivity index (χ2v) is 12.4. The van der Waals surface area contributed by atoms with Crippen molar-refractivity contribution in [1.29, 1.82) is 5.26 Å². The first-order valence-corrected chi connectivity index (χ1v) is 14.0. The molecule has 35 heavy (non-hydrogen) atoms. The Hall–Kier alpha value is -3.60. The highest BCUT2D eigenvalue weighted by molar-refractivity contribution is 7.92. The largest absolute Gasteiger partial charge is 0.346 e. The molecule has 1 aliphatic heterocycles. The first-order chi connectivity index (χ1) is 16.8. The van der Waals surface area contributed by atoms with E-state index < -0.39 is 25.9 Å². The fourth-order valence-electron chi connectivity index (χ4n) is 4.15. The summed E-state index contributed by atoms with van der Waals surface area (Å²) in [6.45, 7) is -0.156. The molecule has 0 spiro atoms. The number of nitrogens with zero attached hydrogens (tertiary/aromatic N) is 6. The lowest BCUT2D eigenvalue weighted by Crippen LogP contribution is -2.43. The summed E-state index contributed by atoms with van der Waals surface area (Å²) in [5.41, 5.74) is 2.72. The van der Waals surface area contributed by atoms with Gasteiger partial charge in [-0.2, -0.15) is 14.7 Å². The molecule has 3 aromatic heterocycles. The number of rotatable bonds is 6. The van der Waals surface area contributed by atoms with Gasteiger partial charge >= 0.3 is 0 Å². The van der Waals surface area contributed by atoms with Crippen molar-refractivity contribution in [2.45, 2.75) is 17.4 Å². The van der Waals surface area contributed by atoms with Gasteiger partial charge in [-0.25, -0.2) is 26.8 Å². The van der Waals surface area contributed by atoms with Crippen molar-refractivity contribution in [2.75, 3.05) is 24.6 Å². The van der Waals surface area contributed by atoms with Crippen LogP contribution in [0.4, 0.5) is 0 Å². The van der Waals surface area contributed by atoms with Gasteiger partial charge in [-0.3, -0.25) is 4.68 Å². The molecule has 4 heterocycles. The van der Waals surface area contributed by atoms with Crippen LogP contribution in [-0.2, 0) is 19.9 Å². The predicted octanol–water partition coefficient (Wildman–Crippen LogP) is 1.74. The van der Waals surface area contributed by atoms with Gasteiger partial charge < -0.3 is 4.98 Å². The standard InChI is InChI=1S/C22H21N7O4S2/c23-6-4-20(29-14-17(13-27-29)21-19-5-7-24-22(19)26-15-25-21)16-2-1-3-18(12-16)35(32,33)28-8-10-34(30,31)11-9-28/h1-3,5,7,12-15,20H,4,8-11H2,(H,24,25,26). The van der Waals surface area contributed by atoms with Gasteiger partial charge in [0, 0.05) is 36.4 Å². The number of nitrogens with one attached hydrogen (secondary N) is 1. The van der Waals surface area contributed by atoms with Gasteiger partial charge in [0.15, 0.2) is 9.84 Å². The van der Waals surface area contributed by atoms with Crippen LogP contribution in [-0.4, -0.2) is 70.5 Å². The minimum absolute atomic E-state index is 0.0504. The molecule has 5 rings (SSSR count). The van der Waals surface area contributed by atoms with Crippen molar-refractivity contribution < 1.29 is 16.8 Å². The summed E-state index contributed by atoms with van der Waals surface area (Å²) < 4.78 is 52.6. The first-order valence-electron chi connectivity index (χ1n) is 10.8. The van der Waals surface area contributed by atoms with Crippen LogP contribution in [0.2, 0.25) is 0 Å². The topological polar surface area (TPSA) is 155 Å². The third-order valence-electron chi connectivity index (χ3n) is 6.02. The third-order valence-corrected chi connectivity index (χ3v) is 9.52. The zero-order valence-corrected chi connectivity index (χ0v) is 20.1. The number of sulfone groups is 1. The fourth-order valence-corrected chi connectivity index (χ4v) is 7.08. The van der Waals surface area contributed by atoms with Crippen LogP contribution >= 0.6 is 0 Å². The van der Waals surface area contributed by atoms with E-state index in [-0.39, 0.29) is 35.9 Å². The molecule has 0 radical (unpaired) electrons. The number of fused-ring (bicyclic) bond motifs is 1. The molecule has 4 aromatic rings. The lowest BCUT2D eigenvalue weighted by molar-refractivity contribution is 0.430. The van der Waals surface area contributed by atoms with Gasteiger partial charge in [0.05, 0.1) is 46.8 Å². The Labute approximate surface area is 202 Å². The Morgan fingerprint density at radius 3 is 2.74 bits per heavy atom. The number of sulfonamides is 1. The van der Waals surface area contributed by atoms with Gasteiger partial charge in [-0.1, -0.05) is 12.1 Å². The van der Waals surface area contributed by atoms with E-state index in [0.717, 1.165) is 10.9 Å². The highest BCUT2D eigenvalue weighted by Crippen LogP contribution is 2.29. The number of hydrogen-bond donors (Lipinski definition) is 1. The summed E-state index contributed by atoms with van der Waals surface area (Å²) in [6.07, 6.45) is 6.71. The molecule has 180 valence electrons. The number of aromatic nitrogens is 5. The maximum absolute atomic E-state index is 13.2. The maximum Gasteiger partial charge on any atom is 0.243 e. The molecular weight excluding hydrogens is 490 g/mol. The van der Waals surface area contributed by atoms with E-state index in [1.54, 1.807) is 35.4 Å². The SMILES string of the molecule is N#CCC(c1cccc(S(=O)(=O)N2CCS(=O)(=O)CC2)c1)n1cc(-c2ncnc3[nH]ccc23)cn1. The minimum atomic E-state index is -3.89. The zero-order chi connectivity index (χ0) is 24.6. The van der Waals surface area contributed by atoms with E-state index in [2.05, 4.69) is 26.1 Å². The van der Waals surface area contributed by atoms with E-state index >= 15 is 0 Å². The van der Waals surface area contributed by atoms with Gasteiger partial charge in [0.1, 0.15) is 12.0 Å². The van der Waals surface area contributed by atoms with Crippen LogP contribution in [0.15, 0.2) is 60.1 Å². The Balaban J connectivity index is 1.48.